The van der Waals surface area contributed by atoms with E-state index in [2.05, 4.69) is 25.8 Å². The second-order valence-corrected chi connectivity index (χ2v) is 3.70. The van der Waals surface area contributed by atoms with Crippen molar-refractivity contribution in [1.82, 2.24) is 4.90 Å². The van der Waals surface area contributed by atoms with Crippen LogP contribution < -0.4 is 0 Å². The van der Waals surface area contributed by atoms with Crippen LogP contribution in [0.3, 0.4) is 0 Å². The molecule has 1 saturated heterocycles. The lowest BCUT2D eigenvalue weighted by Gasteiger charge is -2.22. The Balaban J connectivity index is 2.59. The SMILES string of the molecule is CC(C)C1C/C(=C\F)CN1C. The summed E-state index contributed by atoms with van der Waals surface area (Å²) in [6, 6.07) is 0.539. The summed E-state index contributed by atoms with van der Waals surface area (Å²) in [5.74, 6) is 0.623. The van der Waals surface area contributed by atoms with Crippen molar-refractivity contribution in [3.8, 4) is 0 Å². The van der Waals surface area contributed by atoms with Crippen molar-refractivity contribution in [2.45, 2.75) is 26.3 Å². The van der Waals surface area contributed by atoms with E-state index in [4.69, 9.17) is 0 Å². The topological polar surface area (TPSA) is 3.24 Å². The molecule has 0 radical (unpaired) electrons. The second kappa shape index (κ2) is 3.35. The van der Waals surface area contributed by atoms with Crippen LogP contribution in [0.15, 0.2) is 11.9 Å². The van der Waals surface area contributed by atoms with E-state index in [1.165, 1.54) is 0 Å². The Hall–Kier alpha value is -0.370. The average Bonchev–Trinajstić information content (AvgIpc) is 2.30. The van der Waals surface area contributed by atoms with Gasteiger partial charge in [0, 0.05) is 12.6 Å². The maximum absolute atomic E-state index is 12.1. The summed E-state index contributed by atoms with van der Waals surface area (Å²) in [6.07, 6.45) is 1.67. The minimum absolute atomic E-state index is 0.539. The van der Waals surface area contributed by atoms with Crippen LogP contribution >= 0.6 is 0 Å². The lowest BCUT2D eigenvalue weighted by Crippen LogP contribution is -2.29. The molecule has 1 atom stereocenters. The van der Waals surface area contributed by atoms with Gasteiger partial charge in [0.2, 0.25) is 0 Å². The highest BCUT2D eigenvalue weighted by Gasteiger charge is 2.26. The third kappa shape index (κ3) is 1.80. The average molecular weight is 157 g/mol. The van der Waals surface area contributed by atoms with Gasteiger partial charge in [0.25, 0.3) is 0 Å². The van der Waals surface area contributed by atoms with Gasteiger partial charge in [-0.05, 0) is 25.0 Å². The zero-order valence-corrected chi connectivity index (χ0v) is 7.47. The molecule has 0 aliphatic carbocycles. The van der Waals surface area contributed by atoms with Gasteiger partial charge >= 0.3 is 0 Å². The van der Waals surface area contributed by atoms with Crippen molar-refractivity contribution in [2.75, 3.05) is 13.6 Å². The molecule has 0 aromatic rings. The van der Waals surface area contributed by atoms with Crippen LogP contribution in [0, 0.1) is 5.92 Å². The van der Waals surface area contributed by atoms with Gasteiger partial charge in [0.15, 0.2) is 0 Å². The molecule has 2 heteroatoms. The van der Waals surface area contributed by atoms with Gasteiger partial charge in [-0.15, -0.1) is 0 Å². The smallest absolute Gasteiger partial charge is 0.0872 e. The fourth-order valence-corrected chi connectivity index (χ4v) is 1.75. The van der Waals surface area contributed by atoms with E-state index in [-0.39, 0.29) is 0 Å². The summed E-state index contributed by atoms with van der Waals surface area (Å²) in [7, 11) is 2.06. The molecule has 0 bridgehead atoms. The van der Waals surface area contributed by atoms with Crippen molar-refractivity contribution in [3.05, 3.63) is 11.9 Å². The van der Waals surface area contributed by atoms with Crippen LogP contribution in [-0.2, 0) is 0 Å². The molecule has 11 heavy (non-hydrogen) atoms. The molecule has 1 heterocycles. The maximum Gasteiger partial charge on any atom is 0.0872 e. The zero-order valence-electron chi connectivity index (χ0n) is 7.47. The molecule has 0 aromatic carbocycles. The van der Waals surface area contributed by atoms with Gasteiger partial charge in [-0.2, -0.15) is 0 Å². The van der Waals surface area contributed by atoms with Crippen LogP contribution in [0.2, 0.25) is 0 Å². The van der Waals surface area contributed by atoms with Crippen LogP contribution in [0.4, 0.5) is 4.39 Å². The van der Waals surface area contributed by atoms with E-state index in [0.29, 0.717) is 12.0 Å². The Morgan fingerprint density at radius 3 is 2.55 bits per heavy atom. The first-order valence-corrected chi connectivity index (χ1v) is 4.13. The van der Waals surface area contributed by atoms with Gasteiger partial charge in [-0.25, -0.2) is 4.39 Å². The van der Waals surface area contributed by atoms with Crippen LogP contribution in [-0.4, -0.2) is 24.5 Å². The largest absolute Gasteiger partial charge is 0.299 e. The first-order valence-electron chi connectivity index (χ1n) is 4.13. The van der Waals surface area contributed by atoms with Crippen molar-refractivity contribution in [1.29, 1.82) is 0 Å². The fraction of sp³-hybridized carbons (Fsp3) is 0.778. The number of likely N-dealkylation sites (tertiary alicyclic amines) is 1. The molecule has 0 N–H and O–H groups in total. The van der Waals surface area contributed by atoms with E-state index >= 15 is 0 Å². The number of nitrogens with zero attached hydrogens (tertiary/aromatic N) is 1. The lowest BCUT2D eigenvalue weighted by molar-refractivity contribution is 0.250. The zero-order chi connectivity index (χ0) is 8.43. The van der Waals surface area contributed by atoms with E-state index < -0.39 is 0 Å². The Bertz CT molecular complexity index is 163. The van der Waals surface area contributed by atoms with E-state index in [1.807, 2.05) is 0 Å². The molecule has 0 aromatic heterocycles. The van der Waals surface area contributed by atoms with Gasteiger partial charge in [0.05, 0.1) is 6.33 Å². The van der Waals surface area contributed by atoms with E-state index in [0.717, 1.165) is 24.9 Å². The summed E-state index contributed by atoms with van der Waals surface area (Å²) in [5.41, 5.74) is 0.936. The molecule has 1 aliphatic heterocycles. The molecule has 1 nitrogen and oxygen atoms in total. The van der Waals surface area contributed by atoms with E-state index in [1.54, 1.807) is 0 Å². The molecule has 1 aliphatic rings. The summed E-state index contributed by atoms with van der Waals surface area (Å²) in [4.78, 5) is 2.22. The molecule has 64 valence electrons. The molecular weight excluding hydrogens is 141 g/mol. The number of hydrogen-bond acceptors (Lipinski definition) is 1. The number of halogens is 1. The standard InChI is InChI=1S/C9H16FN/c1-7(2)9-4-8(5-10)6-11(9)3/h5,7,9H,4,6H2,1-3H3/b8-5+. The Labute approximate surface area is 67.9 Å². The molecule has 0 amide bonds. The third-order valence-electron chi connectivity index (χ3n) is 2.41. The first-order chi connectivity index (χ1) is 5.15. The normalized spacial score (nSPS) is 30.6. The van der Waals surface area contributed by atoms with Crippen molar-refractivity contribution < 1.29 is 4.39 Å². The van der Waals surface area contributed by atoms with Crippen molar-refractivity contribution in [2.24, 2.45) is 5.92 Å². The molecule has 1 rings (SSSR count). The minimum atomic E-state index is 0.539. The van der Waals surface area contributed by atoms with Crippen LogP contribution in [0.5, 0.6) is 0 Å². The highest BCUT2D eigenvalue weighted by Crippen LogP contribution is 2.25. The van der Waals surface area contributed by atoms with Gasteiger partial charge in [-0.1, -0.05) is 13.8 Å². The molecule has 0 spiro atoms. The van der Waals surface area contributed by atoms with Crippen molar-refractivity contribution >= 4 is 0 Å². The Kier molecular flexibility index (Phi) is 2.66. The van der Waals surface area contributed by atoms with Gasteiger partial charge in [-0.3, -0.25) is 4.90 Å². The molecule has 0 saturated carbocycles. The summed E-state index contributed by atoms with van der Waals surface area (Å²) >= 11 is 0. The highest BCUT2D eigenvalue weighted by molar-refractivity contribution is 5.10. The second-order valence-electron chi connectivity index (χ2n) is 3.70. The van der Waals surface area contributed by atoms with Crippen LogP contribution in [0.25, 0.3) is 0 Å². The monoisotopic (exact) mass is 157 g/mol. The van der Waals surface area contributed by atoms with Gasteiger partial charge in [0.1, 0.15) is 0 Å². The molecular formula is C9H16FN. The number of likely N-dealkylation sites (N-methyl/N-ethyl adjacent to an activating group) is 1. The summed E-state index contributed by atoms with van der Waals surface area (Å²) in [6.45, 7) is 5.17. The van der Waals surface area contributed by atoms with Gasteiger partial charge < -0.3 is 0 Å². The first kappa shape index (κ1) is 8.72. The summed E-state index contributed by atoms with van der Waals surface area (Å²) < 4.78 is 12.1. The predicted octanol–water partition coefficient (Wildman–Crippen LogP) is 2.20. The number of hydrogen-bond donors (Lipinski definition) is 0. The molecule has 1 unspecified atom stereocenters. The predicted molar refractivity (Wildman–Crippen MR) is 45.1 cm³/mol. The molecule has 1 fully saturated rings. The van der Waals surface area contributed by atoms with Crippen molar-refractivity contribution in [3.63, 3.8) is 0 Å². The summed E-state index contributed by atoms with van der Waals surface area (Å²) in [5, 5.41) is 0. The lowest BCUT2D eigenvalue weighted by atomic mass is 10.0. The maximum atomic E-state index is 12.1. The fourth-order valence-electron chi connectivity index (χ4n) is 1.75. The Morgan fingerprint density at radius 1 is 1.64 bits per heavy atom. The number of rotatable bonds is 1. The van der Waals surface area contributed by atoms with E-state index in [9.17, 15) is 4.39 Å². The van der Waals surface area contributed by atoms with Crippen LogP contribution in [0.1, 0.15) is 20.3 Å². The third-order valence-corrected chi connectivity index (χ3v) is 2.41. The minimum Gasteiger partial charge on any atom is -0.299 e. The highest BCUT2D eigenvalue weighted by atomic mass is 19.1. The Morgan fingerprint density at radius 2 is 2.27 bits per heavy atom. The quantitative estimate of drug-likeness (QED) is 0.564.